The van der Waals surface area contributed by atoms with Crippen LogP contribution in [0.15, 0.2) is 78.9 Å². The Balaban J connectivity index is 2.20. The van der Waals surface area contributed by atoms with Gasteiger partial charge in [-0.1, -0.05) is 78.9 Å². The molecule has 0 amide bonds. The Morgan fingerprint density at radius 1 is 0.607 bits per heavy atom. The van der Waals surface area contributed by atoms with Crippen LogP contribution in [-0.2, 0) is 23.6 Å². The van der Waals surface area contributed by atoms with Gasteiger partial charge in [0, 0.05) is 6.61 Å². The quantitative estimate of drug-likeness (QED) is 0.394. The average molecular weight is 378 g/mol. The number of ether oxygens (including phenoxy) is 1. The lowest BCUT2D eigenvalue weighted by atomic mass is 9.79. The first kappa shape index (κ1) is 20.2. The zero-order valence-electron chi connectivity index (χ0n) is 15.8. The molecular weight excluding hydrogens is 352 g/mol. The van der Waals surface area contributed by atoms with Gasteiger partial charge < -0.3 is 20.1 Å². The Bertz CT molecular complexity index is 795. The van der Waals surface area contributed by atoms with Gasteiger partial charge in [-0.15, -0.1) is 0 Å². The summed E-state index contributed by atoms with van der Waals surface area (Å²) in [5.74, 6) is 0. The standard InChI is InChI=1S/C24H26O4/c25-15-4-16-28-24(21-5-2-1-3-6-21,22-11-7-19(17-26)8-12-22)23-13-9-20(18-27)10-14-23/h1-3,5-14,25-27H,4,15-18H2. The number of rotatable bonds is 9. The average Bonchev–Trinajstić information content (AvgIpc) is 2.78. The van der Waals surface area contributed by atoms with E-state index in [1.165, 1.54) is 0 Å². The van der Waals surface area contributed by atoms with Crippen molar-refractivity contribution >= 4 is 0 Å². The topological polar surface area (TPSA) is 69.9 Å². The summed E-state index contributed by atoms with van der Waals surface area (Å²) in [5, 5.41) is 28.1. The predicted molar refractivity (Wildman–Crippen MR) is 109 cm³/mol. The number of hydrogen-bond acceptors (Lipinski definition) is 4. The molecule has 3 rings (SSSR count). The van der Waals surface area contributed by atoms with Gasteiger partial charge in [0.2, 0.25) is 0 Å². The number of aliphatic hydroxyl groups is 3. The number of hydrogen-bond donors (Lipinski definition) is 3. The third-order valence-corrected chi connectivity index (χ3v) is 4.89. The molecule has 0 aliphatic heterocycles. The maximum atomic E-state index is 9.41. The van der Waals surface area contributed by atoms with Crippen LogP contribution in [0.1, 0.15) is 34.2 Å². The van der Waals surface area contributed by atoms with E-state index in [2.05, 4.69) is 0 Å². The summed E-state index contributed by atoms with van der Waals surface area (Å²) in [7, 11) is 0. The molecule has 0 bridgehead atoms. The first-order chi connectivity index (χ1) is 13.7. The summed E-state index contributed by atoms with van der Waals surface area (Å²) in [5.41, 5.74) is 3.64. The van der Waals surface area contributed by atoms with Crippen molar-refractivity contribution < 1.29 is 20.1 Å². The zero-order valence-corrected chi connectivity index (χ0v) is 15.8. The molecular formula is C24H26O4. The van der Waals surface area contributed by atoms with Crippen LogP contribution in [0, 0.1) is 0 Å². The second-order valence-electron chi connectivity index (χ2n) is 6.68. The van der Waals surface area contributed by atoms with Gasteiger partial charge in [0.05, 0.1) is 19.8 Å². The van der Waals surface area contributed by atoms with Gasteiger partial charge in [0.1, 0.15) is 5.60 Å². The first-order valence-electron chi connectivity index (χ1n) is 9.45. The molecule has 0 aliphatic carbocycles. The Labute approximate surface area is 165 Å². The van der Waals surface area contributed by atoms with Gasteiger partial charge in [-0.3, -0.25) is 0 Å². The summed E-state index contributed by atoms with van der Waals surface area (Å²) in [6, 6.07) is 25.4. The summed E-state index contributed by atoms with van der Waals surface area (Å²) in [6.07, 6.45) is 0.526. The van der Waals surface area contributed by atoms with Crippen LogP contribution in [-0.4, -0.2) is 28.5 Å². The molecule has 0 atom stereocenters. The summed E-state index contributed by atoms with van der Waals surface area (Å²) < 4.78 is 6.49. The fraction of sp³-hybridized carbons (Fsp3) is 0.250. The van der Waals surface area contributed by atoms with Gasteiger partial charge in [-0.25, -0.2) is 0 Å². The summed E-state index contributed by atoms with van der Waals surface area (Å²) in [6.45, 7) is 0.400. The van der Waals surface area contributed by atoms with Crippen LogP contribution in [0.4, 0.5) is 0 Å². The van der Waals surface area contributed by atoms with Crippen LogP contribution in [0.2, 0.25) is 0 Å². The van der Waals surface area contributed by atoms with Gasteiger partial charge >= 0.3 is 0 Å². The maximum Gasteiger partial charge on any atom is 0.143 e. The highest BCUT2D eigenvalue weighted by Crippen LogP contribution is 2.40. The SMILES string of the molecule is OCCCOC(c1ccccc1)(c1ccc(CO)cc1)c1ccc(CO)cc1. The van der Waals surface area contributed by atoms with Crippen molar-refractivity contribution in [3.05, 3.63) is 107 Å². The lowest BCUT2D eigenvalue weighted by Crippen LogP contribution is -2.33. The van der Waals surface area contributed by atoms with Crippen LogP contribution >= 0.6 is 0 Å². The van der Waals surface area contributed by atoms with Crippen molar-refractivity contribution in [1.29, 1.82) is 0 Å². The Morgan fingerprint density at radius 3 is 1.50 bits per heavy atom. The molecule has 0 aliphatic rings. The molecule has 0 radical (unpaired) electrons. The fourth-order valence-corrected chi connectivity index (χ4v) is 3.40. The maximum absolute atomic E-state index is 9.41. The third kappa shape index (κ3) is 4.16. The van der Waals surface area contributed by atoms with Crippen molar-refractivity contribution in [2.24, 2.45) is 0 Å². The highest BCUT2D eigenvalue weighted by molar-refractivity contribution is 5.48. The predicted octanol–water partition coefficient (Wildman–Crippen LogP) is 3.36. The van der Waals surface area contributed by atoms with Gasteiger partial charge in [0.15, 0.2) is 0 Å². The minimum atomic E-state index is -0.863. The van der Waals surface area contributed by atoms with E-state index >= 15 is 0 Å². The Morgan fingerprint density at radius 2 is 1.07 bits per heavy atom. The molecule has 3 aromatic rings. The van der Waals surface area contributed by atoms with E-state index in [9.17, 15) is 15.3 Å². The monoisotopic (exact) mass is 378 g/mol. The summed E-state index contributed by atoms with van der Waals surface area (Å²) in [4.78, 5) is 0. The Kier molecular flexibility index (Phi) is 6.95. The molecule has 0 saturated carbocycles. The second-order valence-corrected chi connectivity index (χ2v) is 6.68. The van der Waals surface area contributed by atoms with E-state index in [-0.39, 0.29) is 19.8 Å². The minimum Gasteiger partial charge on any atom is -0.396 e. The lowest BCUT2D eigenvalue weighted by Gasteiger charge is -2.36. The highest BCUT2D eigenvalue weighted by atomic mass is 16.5. The highest BCUT2D eigenvalue weighted by Gasteiger charge is 2.37. The van der Waals surface area contributed by atoms with E-state index in [1.54, 1.807) is 0 Å². The van der Waals surface area contributed by atoms with Crippen molar-refractivity contribution in [1.82, 2.24) is 0 Å². The smallest absolute Gasteiger partial charge is 0.143 e. The van der Waals surface area contributed by atoms with Gasteiger partial charge in [-0.05, 0) is 34.2 Å². The van der Waals surface area contributed by atoms with Crippen LogP contribution in [0.25, 0.3) is 0 Å². The van der Waals surface area contributed by atoms with Crippen molar-refractivity contribution in [2.45, 2.75) is 25.2 Å². The molecule has 0 aromatic heterocycles. The third-order valence-electron chi connectivity index (χ3n) is 4.89. The lowest BCUT2D eigenvalue weighted by molar-refractivity contribution is 0.00593. The molecule has 4 nitrogen and oxygen atoms in total. The van der Waals surface area contributed by atoms with Crippen molar-refractivity contribution in [3.63, 3.8) is 0 Å². The molecule has 146 valence electrons. The first-order valence-corrected chi connectivity index (χ1v) is 9.45. The van der Waals surface area contributed by atoms with Gasteiger partial charge in [0.25, 0.3) is 0 Å². The number of aliphatic hydroxyl groups excluding tert-OH is 3. The molecule has 28 heavy (non-hydrogen) atoms. The van der Waals surface area contributed by atoms with E-state index in [0.717, 1.165) is 27.8 Å². The Hall–Kier alpha value is -2.50. The number of benzene rings is 3. The normalized spacial score (nSPS) is 11.5. The largest absolute Gasteiger partial charge is 0.396 e. The second kappa shape index (κ2) is 9.62. The van der Waals surface area contributed by atoms with E-state index < -0.39 is 5.60 Å². The van der Waals surface area contributed by atoms with Crippen LogP contribution in [0.5, 0.6) is 0 Å². The van der Waals surface area contributed by atoms with Crippen molar-refractivity contribution in [3.8, 4) is 0 Å². The van der Waals surface area contributed by atoms with Crippen molar-refractivity contribution in [2.75, 3.05) is 13.2 Å². The minimum absolute atomic E-state index is 0.0187. The van der Waals surface area contributed by atoms with Crippen LogP contribution in [0.3, 0.4) is 0 Å². The fourth-order valence-electron chi connectivity index (χ4n) is 3.40. The van der Waals surface area contributed by atoms with Crippen LogP contribution < -0.4 is 0 Å². The molecule has 0 heterocycles. The molecule has 0 spiro atoms. The summed E-state index contributed by atoms with van der Waals surface area (Å²) >= 11 is 0. The van der Waals surface area contributed by atoms with Gasteiger partial charge in [-0.2, -0.15) is 0 Å². The van der Waals surface area contributed by atoms with E-state index in [0.29, 0.717) is 13.0 Å². The molecule has 3 aromatic carbocycles. The molecule has 3 N–H and O–H groups in total. The molecule has 0 unspecified atom stereocenters. The van der Waals surface area contributed by atoms with E-state index in [1.807, 2.05) is 78.9 Å². The molecule has 0 saturated heterocycles. The van der Waals surface area contributed by atoms with E-state index in [4.69, 9.17) is 4.74 Å². The zero-order chi connectivity index (χ0) is 19.8. The molecule has 4 heteroatoms. The molecule has 0 fully saturated rings.